The molecule has 0 aliphatic rings. The number of carboxylic acids is 1. The number of carbonyl (C=O) groups is 3. The van der Waals surface area contributed by atoms with Crippen molar-refractivity contribution in [2.45, 2.75) is 187 Å². The number of allylic oxidation sites excluding steroid dienone is 10. The number of rotatable bonds is 41. The largest absolute Gasteiger partial charge is 0.545 e. The summed E-state index contributed by atoms with van der Waals surface area (Å²) in [6.07, 6.45) is 45.3. The second-order valence-electron chi connectivity index (χ2n) is 16.3. The third-order valence-electron chi connectivity index (χ3n) is 9.49. The highest BCUT2D eigenvalue weighted by Gasteiger charge is 2.21. The number of quaternary nitrogens is 1. The van der Waals surface area contributed by atoms with E-state index in [9.17, 15) is 19.5 Å². The van der Waals surface area contributed by atoms with Crippen LogP contribution < -0.4 is 5.11 Å². The topological polar surface area (TPSA) is 111 Å². The molecular weight excluding hydrogens is 731 g/mol. The van der Waals surface area contributed by atoms with E-state index in [1.54, 1.807) is 0 Å². The highest BCUT2D eigenvalue weighted by molar-refractivity contribution is 5.70. The fraction of sp³-hybridized carbons (Fsp3) is 0.735. The number of likely N-dealkylation sites (N-methyl/N-ethyl adjacent to an activating group) is 1. The van der Waals surface area contributed by atoms with Crippen molar-refractivity contribution in [3.05, 3.63) is 60.8 Å². The zero-order valence-electron chi connectivity index (χ0n) is 37.6. The Labute approximate surface area is 355 Å². The maximum Gasteiger partial charge on any atom is 0.306 e. The molecule has 0 fully saturated rings. The summed E-state index contributed by atoms with van der Waals surface area (Å²) in [6.45, 7) is 4.62. The third-order valence-corrected chi connectivity index (χ3v) is 9.49. The van der Waals surface area contributed by atoms with Crippen molar-refractivity contribution in [1.29, 1.82) is 0 Å². The highest BCUT2D eigenvalue weighted by Crippen LogP contribution is 2.13. The maximum absolute atomic E-state index is 12.8. The molecule has 0 aromatic rings. The highest BCUT2D eigenvalue weighted by atomic mass is 16.7. The van der Waals surface area contributed by atoms with Crippen molar-refractivity contribution in [3.63, 3.8) is 0 Å². The summed E-state index contributed by atoms with van der Waals surface area (Å²) in [6, 6.07) is 0. The monoisotopic (exact) mass is 816 g/mol. The van der Waals surface area contributed by atoms with Gasteiger partial charge in [-0.3, -0.25) is 9.59 Å². The van der Waals surface area contributed by atoms with Gasteiger partial charge >= 0.3 is 11.9 Å². The van der Waals surface area contributed by atoms with E-state index in [2.05, 4.69) is 74.6 Å². The number of esters is 2. The van der Waals surface area contributed by atoms with Gasteiger partial charge in [-0.2, -0.15) is 0 Å². The van der Waals surface area contributed by atoms with Crippen molar-refractivity contribution in [2.75, 3.05) is 47.5 Å². The first-order chi connectivity index (χ1) is 28.1. The molecule has 0 saturated carbocycles. The predicted molar refractivity (Wildman–Crippen MR) is 237 cm³/mol. The van der Waals surface area contributed by atoms with E-state index in [1.165, 1.54) is 38.5 Å². The minimum atomic E-state index is -1.63. The second-order valence-corrected chi connectivity index (χ2v) is 16.3. The van der Waals surface area contributed by atoms with Gasteiger partial charge < -0.3 is 33.3 Å². The number of carboxylic acid groups (broad SMARTS) is 1. The molecule has 9 heteroatoms. The average molecular weight is 816 g/mol. The Morgan fingerprint density at radius 3 is 1.43 bits per heavy atom. The van der Waals surface area contributed by atoms with E-state index in [-0.39, 0.29) is 38.6 Å². The number of hydrogen-bond acceptors (Lipinski definition) is 8. The van der Waals surface area contributed by atoms with Gasteiger partial charge in [0.1, 0.15) is 13.2 Å². The van der Waals surface area contributed by atoms with E-state index in [4.69, 9.17) is 18.9 Å². The second kappa shape index (κ2) is 40.8. The van der Waals surface area contributed by atoms with Crippen LogP contribution >= 0.6 is 0 Å². The molecule has 2 atom stereocenters. The number of carbonyl (C=O) groups excluding carboxylic acids is 3. The van der Waals surface area contributed by atoms with Gasteiger partial charge in [0, 0.05) is 12.8 Å². The van der Waals surface area contributed by atoms with Crippen LogP contribution in [0, 0.1) is 0 Å². The quantitative estimate of drug-likeness (QED) is 0.0197. The molecule has 0 amide bonds. The molecule has 0 aliphatic carbocycles. The van der Waals surface area contributed by atoms with Gasteiger partial charge in [-0.15, -0.1) is 0 Å². The number of nitrogens with zero attached hydrogens (tertiary/aromatic N) is 1. The minimum Gasteiger partial charge on any atom is -0.545 e. The van der Waals surface area contributed by atoms with E-state index in [0.717, 1.165) is 103 Å². The molecule has 0 radical (unpaired) electrons. The average Bonchev–Trinajstić information content (AvgIpc) is 3.18. The Bertz CT molecular complexity index is 1140. The molecule has 0 heterocycles. The normalized spacial score (nSPS) is 13.5. The lowest BCUT2D eigenvalue weighted by Crippen LogP contribution is -2.44. The van der Waals surface area contributed by atoms with Crippen LogP contribution in [0.4, 0.5) is 0 Å². The van der Waals surface area contributed by atoms with Crippen LogP contribution in [-0.2, 0) is 33.3 Å². The summed E-state index contributed by atoms with van der Waals surface area (Å²) in [5.41, 5.74) is 0. The van der Waals surface area contributed by atoms with Gasteiger partial charge in [-0.1, -0.05) is 145 Å². The fourth-order valence-electron chi connectivity index (χ4n) is 5.85. The van der Waals surface area contributed by atoms with Gasteiger partial charge in [-0.05, 0) is 77.0 Å². The van der Waals surface area contributed by atoms with Crippen molar-refractivity contribution in [1.82, 2.24) is 0 Å². The maximum atomic E-state index is 12.8. The lowest BCUT2D eigenvalue weighted by Gasteiger charge is -2.26. The molecule has 0 spiro atoms. The molecule has 0 aromatic carbocycles. The standard InChI is InChI=1S/C49H85NO8/c1-6-8-10-12-14-16-18-20-22-23-24-25-26-28-30-32-34-36-38-40-47(52)58-45(44-57-49(48(53)54)55-42-41-50(3,4)5)43-56-46(51)39-37-35-33-31-29-27-21-19-17-15-13-11-9-7-2/h13-16,19-22,24-25,45,49H,6-12,17-18,23,26-44H2,1-5H3/b15-13-,16-14-,21-19-,22-20-,25-24-. The Hall–Kier alpha value is -3.01. The van der Waals surface area contributed by atoms with Crippen molar-refractivity contribution in [3.8, 4) is 0 Å². The third kappa shape index (κ3) is 41.2. The number of unbranched alkanes of at least 4 members (excludes halogenated alkanes) is 16. The first-order valence-corrected chi connectivity index (χ1v) is 22.9. The van der Waals surface area contributed by atoms with Crippen LogP contribution in [-0.4, -0.2) is 82.3 Å². The number of ether oxygens (including phenoxy) is 4. The first-order valence-electron chi connectivity index (χ1n) is 22.9. The molecule has 58 heavy (non-hydrogen) atoms. The smallest absolute Gasteiger partial charge is 0.306 e. The first kappa shape index (κ1) is 55.0. The molecule has 334 valence electrons. The summed E-state index contributed by atoms with van der Waals surface area (Å²) in [7, 11) is 5.89. The van der Waals surface area contributed by atoms with Crippen LogP contribution in [0.5, 0.6) is 0 Å². The molecule has 2 unspecified atom stereocenters. The Morgan fingerprint density at radius 2 is 0.948 bits per heavy atom. The van der Waals surface area contributed by atoms with Crippen molar-refractivity contribution >= 4 is 17.9 Å². The van der Waals surface area contributed by atoms with Crippen LogP contribution in [0.1, 0.15) is 174 Å². The number of aliphatic carboxylic acids is 1. The summed E-state index contributed by atoms with van der Waals surface area (Å²) in [5, 5.41) is 11.7. The Kier molecular flexibility index (Phi) is 38.6. The SMILES string of the molecule is CCCC/C=C\C/C=C\CCCCCCCC(=O)OCC(COC(OCC[N+](C)(C)C)C(=O)[O-])OC(=O)CCCCCCCC/C=C\C/C=C\C/C=C\CCCCC. The fourth-order valence-corrected chi connectivity index (χ4v) is 5.85. The molecule has 0 bridgehead atoms. The van der Waals surface area contributed by atoms with E-state index in [0.29, 0.717) is 17.4 Å². The van der Waals surface area contributed by atoms with Crippen LogP contribution in [0.3, 0.4) is 0 Å². The summed E-state index contributed by atoms with van der Waals surface area (Å²) >= 11 is 0. The molecule has 0 saturated heterocycles. The lowest BCUT2D eigenvalue weighted by atomic mass is 10.1. The molecule has 9 nitrogen and oxygen atoms in total. The lowest BCUT2D eigenvalue weighted by molar-refractivity contribution is -0.870. The molecule has 0 rings (SSSR count). The molecular formula is C49H85NO8. The van der Waals surface area contributed by atoms with Crippen LogP contribution in [0.2, 0.25) is 0 Å². The molecule has 0 N–H and O–H groups in total. The van der Waals surface area contributed by atoms with Gasteiger partial charge in [0.2, 0.25) is 0 Å². The zero-order valence-corrected chi connectivity index (χ0v) is 37.6. The summed E-state index contributed by atoms with van der Waals surface area (Å²) in [4.78, 5) is 37.0. The zero-order chi connectivity index (χ0) is 42.8. The van der Waals surface area contributed by atoms with Gasteiger partial charge in [0.05, 0.1) is 40.3 Å². The van der Waals surface area contributed by atoms with Gasteiger partial charge in [0.25, 0.3) is 0 Å². The van der Waals surface area contributed by atoms with E-state index in [1.807, 2.05) is 21.1 Å². The Morgan fingerprint density at radius 1 is 0.517 bits per heavy atom. The minimum absolute atomic E-state index is 0.140. The molecule has 0 aliphatic heterocycles. The van der Waals surface area contributed by atoms with Crippen LogP contribution in [0.15, 0.2) is 60.8 Å². The van der Waals surface area contributed by atoms with E-state index >= 15 is 0 Å². The summed E-state index contributed by atoms with van der Waals surface area (Å²) in [5.74, 6) is -2.33. The number of hydrogen-bond donors (Lipinski definition) is 0. The summed E-state index contributed by atoms with van der Waals surface area (Å²) < 4.78 is 22.5. The Balaban J connectivity index is 4.48. The van der Waals surface area contributed by atoms with Gasteiger partial charge in [-0.25, -0.2) is 0 Å². The molecule has 0 aromatic heterocycles. The van der Waals surface area contributed by atoms with Crippen LogP contribution in [0.25, 0.3) is 0 Å². The van der Waals surface area contributed by atoms with E-state index < -0.39 is 24.3 Å². The van der Waals surface area contributed by atoms with Gasteiger partial charge in [0.15, 0.2) is 12.4 Å². The van der Waals surface area contributed by atoms with Crippen molar-refractivity contribution < 1.29 is 42.9 Å². The predicted octanol–water partition coefficient (Wildman–Crippen LogP) is 10.8. The van der Waals surface area contributed by atoms with Crippen molar-refractivity contribution in [2.24, 2.45) is 0 Å².